The molecule has 22 heavy (non-hydrogen) atoms. The third-order valence-electron chi connectivity index (χ3n) is 4.62. The Morgan fingerprint density at radius 2 is 2.27 bits per heavy atom. The summed E-state index contributed by atoms with van der Waals surface area (Å²) in [4.78, 5) is 13.8. The molecular formula is C16H20ClFN2O2. The number of hydrogen-bond donors (Lipinski definition) is 2. The smallest absolute Gasteiger partial charge is 0.317 e. The van der Waals surface area contributed by atoms with E-state index in [9.17, 15) is 14.3 Å². The quantitative estimate of drug-likeness (QED) is 0.897. The first-order valence-corrected chi connectivity index (χ1v) is 8.04. The number of amides is 2. The van der Waals surface area contributed by atoms with Crippen LogP contribution in [0.25, 0.3) is 0 Å². The summed E-state index contributed by atoms with van der Waals surface area (Å²) in [5.41, 5.74) is 0.726. The average Bonchev–Trinajstić information content (AvgIpc) is 3.25. The van der Waals surface area contributed by atoms with Crippen molar-refractivity contribution in [3.8, 4) is 0 Å². The van der Waals surface area contributed by atoms with Gasteiger partial charge in [-0.1, -0.05) is 17.7 Å². The molecule has 1 aromatic rings. The first-order chi connectivity index (χ1) is 10.5. The van der Waals surface area contributed by atoms with E-state index in [2.05, 4.69) is 5.32 Å². The number of halogens is 2. The Balaban J connectivity index is 1.62. The van der Waals surface area contributed by atoms with Crippen LogP contribution in [0.3, 0.4) is 0 Å². The first kappa shape index (κ1) is 15.6. The van der Waals surface area contributed by atoms with Gasteiger partial charge in [0.2, 0.25) is 0 Å². The lowest BCUT2D eigenvalue weighted by molar-refractivity contribution is 0.0841. The van der Waals surface area contributed by atoms with Gasteiger partial charge in [0.25, 0.3) is 0 Å². The second kappa shape index (κ2) is 6.05. The number of carbonyl (C=O) groups excluding carboxylic acids is 1. The zero-order valence-corrected chi connectivity index (χ0v) is 13.1. The molecule has 0 radical (unpaired) electrons. The highest BCUT2D eigenvalue weighted by Crippen LogP contribution is 2.50. The van der Waals surface area contributed by atoms with E-state index in [1.54, 1.807) is 11.0 Å². The maximum atomic E-state index is 13.2. The van der Waals surface area contributed by atoms with Gasteiger partial charge in [-0.2, -0.15) is 0 Å². The van der Waals surface area contributed by atoms with Gasteiger partial charge in [0, 0.05) is 30.1 Å². The van der Waals surface area contributed by atoms with E-state index >= 15 is 0 Å². The number of nitrogens with one attached hydrogen (secondary N) is 1. The summed E-state index contributed by atoms with van der Waals surface area (Å²) in [5, 5.41) is 13.0. The zero-order valence-electron chi connectivity index (χ0n) is 12.3. The summed E-state index contributed by atoms with van der Waals surface area (Å²) in [6, 6.07) is 4.29. The van der Waals surface area contributed by atoms with E-state index in [1.165, 1.54) is 12.1 Å². The van der Waals surface area contributed by atoms with Crippen LogP contribution in [0.5, 0.6) is 0 Å². The molecule has 1 aliphatic heterocycles. The van der Waals surface area contributed by atoms with E-state index < -0.39 is 6.10 Å². The molecule has 0 aromatic heterocycles. The number of carbonyl (C=O) groups is 1. The Morgan fingerprint density at radius 3 is 2.91 bits per heavy atom. The van der Waals surface area contributed by atoms with Crippen LogP contribution in [0.15, 0.2) is 18.2 Å². The fourth-order valence-corrected chi connectivity index (χ4v) is 3.48. The standard InChI is InChI=1S/C16H20ClFN2O2/c17-14-8-11(18)3-4-13(14)16(5-6-16)10-19-15(22)20-7-1-2-12(21)9-20/h3-4,8,12,21H,1-2,5-7,9-10H2,(H,19,22). The maximum absolute atomic E-state index is 13.2. The number of likely N-dealkylation sites (tertiary alicyclic amines) is 1. The topological polar surface area (TPSA) is 52.6 Å². The van der Waals surface area contributed by atoms with Crippen molar-refractivity contribution in [3.63, 3.8) is 0 Å². The van der Waals surface area contributed by atoms with Gasteiger partial charge in [0.1, 0.15) is 5.82 Å². The number of nitrogens with zero attached hydrogens (tertiary/aromatic N) is 1. The highest BCUT2D eigenvalue weighted by atomic mass is 35.5. The fraction of sp³-hybridized carbons (Fsp3) is 0.562. The molecule has 2 amide bonds. The minimum Gasteiger partial charge on any atom is -0.391 e. The Morgan fingerprint density at radius 1 is 1.50 bits per heavy atom. The number of hydrogen-bond acceptors (Lipinski definition) is 2. The highest BCUT2D eigenvalue weighted by molar-refractivity contribution is 6.31. The van der Waals surface area contributed by atoms with Crippen molar-refractivity contribution in [1.82, 2.24) is 10.2 Å². The van der Waals surface area contributed by atoms with Crippen LogP contribution in [-0.2, 0) is 5.41 Å². The minimum absolute atomic E-state index is 0.150. The first-order valence-electron chi connectivity index (χ1n) is 7.67. The van der Waals surface area contributed by atoms with Gasteiger partial charge in [-0.05, 0) is 43.4 Å². The van der Waals surface area contributed by atoms with Crippen LogP contribution in [-0.4, -0.2) is 41.8 Å². The van der Waals surface area contributed by atoms with Crippen molar-refractivity contribution in [3.05, 3.63) is 34.6 Å². The molecule has 4 nitrogen and oxygen atoms in total. The van der Waals surface area contributed by atoms with E-state index in [-0.39, 0.29) is 17.3 Å². The minimum atomic E-state index is -0.430. The van der Waals surface area contributed by atoms with Crippen LogP contribution < -0.4 is 5.32 Å². The number of rotatable bonds is 3. The number of urea groups is 1. The SMILES string of the molecule is O=C(NCC1(c2ccc(F)cc2Cl)CC1)N1CCCC(O)C1. The molecule has 2 N–H and O–H groups in total. The molecule has 2 fully saturated rings. The molecule has 6 heteroatoms. The average molecular weight is 327 g/mol. The maximum Gasteiger partial charge on any atom is 0.317 e. The van der Waals surface area contributed by atoms with Gasteiger partial charge in [-0.3, -0.25) is 0 Å². The normalized spacial score (nSPS) is 23.2. The zero-order chi connectivity index (χ0) is 15.7. The number of aliphatic hydroxyl groups is 1. The van der Waals surface area contributed by atoms with Crippen molar-refractivity contribution in [2.24, 2.45) is 0 Å². The molecule has 1 saturated heterocycles. The molecule has 3 rings (SSSR count). The van der Waals surface area contributed by atoms with Gasteiger partial charge in [0.15, 0.2) is 0 Å². The molecular weight excluding hydrogens is 307 g/mol. The highest BCUT2D eigenvalue weighted by Gasteiger charge is 2.46. The second-order valence-electron chi connectivity index (χ2n) is 6.31. The Labute approximate surface area is 134 Å². The van der Waals surface area contributed by atoms with Gasteiger partial charge < -0.3 is 15.3 Å². The third kappa shape index (κ3) is 3.20. The summed E-state index contributed by atoms with van der Waals surface area (Å²) in [5.74, 6) is -0.351. The monoisotopic (exact) mass is 326 g/mol. The Bertz CT molecular complexity index is 577. The molecule has 1 aliphatic carbocycles. The summed E-state index contributed by atoms with van der Waals surface area (Å²) in [6.07, 6.45) is 3.01. The molecule has 120 valence electrons. The number of benzene rings is 1. The van der Waals surface area contributed by atoms with Gasteiger partial charge >= 0.3 is 6.03 Å². The summed E-state index contributed by atoms with van der Waals surface area (Å²) in [6.45, 7) is 1.55. The molecule has 1 unspecified atom stereocenters. The molecule has 1 heterocycles. The van der Waals surface area contributed by atoms with Gasteiger partial charge in [-0.25, -0.2) is 9.18 Å². The second-order valence-corrected chi connectivity index (χ2v) is 6.71. The van der Waals surface area contributed by atoms with Crippen LogP contribution in [0.2, 0.25) is 5.02 Å². The lowest BCUT2D eigenvalue weighted by Gasteiger charge is -2.31. The van der Waals surface area contributed by atoms with Gasteiger partial charge in [0.05, 0.1) is 6.10 Å². The van der Waals surface area contributed by atoms with Crippen molar-refractivity contribution in [2.75, 3.05) is 19.6 Å². The molecule has 0 spiro atoms. The predicted molar refractivity (Wildman–Crippen MR) is 82.5 cm³/mol. The summed E-state index contributed by atoms with van der Waals surface area (Å²) < 4.78 is 13.2. The van der Waals surface area contributed by atoms with E-state index in [1.807, 2.05) is 0 Å². The molecule has 2 aliphatic rings. The number of aliphatic hydroxyl groups excluding tert-OH is 1. The van der Waals surface area contributed by atoms with Crippen molar-refractivity contribution in [1.29, 1.82) is 0 Å². The van der Waals surface area contributed by atoms with E-state index in [4.69, 9.17) is 11.6 Å². The lowest BCUT2D eigenvalue weighted by Crippen LogP contribution is -2.48. The number of β-amino-alcohol motifs (C(OH)–C–C–N with tert-alkyl or cyclic N) is 1. The summed E-state index contributed by atoms with van der Waals surface area (Å²) in [7, 11) is 0. The van der Waals surface area contributed by atoms with Crippen molar-refractivity contribution in [2.45, 2.75) is 37.2 Å². The van der Waals surface area contributed by atoms with Gasteiger partial charge in [-0.15, -0.1) is 0 Å². The van der Waals surface area contributed by atoms with Crippen LogP contribution in [0.4, 0.5) is 9.18 Å². The largest absolute Gasteiger partial charge is 0.391 e. The lowest BCUT2D eigenvalue weighted by atomic mass is 9.96. The molecule has 1 atom stereocenters. The molecule has 0 bridgehead atoms. The van der Waals surface area contributed by atoms with E-state index in [0.29, 0.717) is 24.7 Å². The number of piperidine rings is 1. The third-order valence-corrected chi connectivity index (χ3v) is 4.93. The molecule has 1 saturated carbocycles. The Hall–Kier alpha value is -1.33. The molecule has 1 aromatic carbocycles. The van der Waals surface area contributed by atoms with Crippen LogP contribution in [0, 0.1) is 5.82 Å². The Kier molecular flexibility index (Phi) is 4.28. The van der Waals surface area contributed by atoms with Crippen molar-refractivity contribution < 1.29 is 14.3 Å². The van der Waals surface area contributed by atoms with Crippen LogP contribution >= 0.6 is 11.6 Å². The summed E-state index contributed by atoms with van der Waals surface area (Å²) >= 11 is 6.14. The van der Waals surface area contributed by atoms with E-state index in [0.717, 1.165) is 31.2 Å². The van der Waals surface area contributed by atoms with Crippen LogP contribution in [0.1, 0.15) is 31.2 Å². The fourth-order valence-electron chi connectivity index (χ4n) is 3.11. The predicted octanol–water partition coefficient (Wildman–Crippen LogP) is 2.68. The van der Waals surface area contributed by atoms with Crippen molar-refractivity contribution >= 4 is 17.6 Å².